The molecule has 4 saturated carbocycles. The van der Waals surface area contributed by atoms with Gasteiger partial charge in [0.15, 0.2) is 5.79 Å². The van der Waals surface area contributed by atoms with E-state index in [1.807, 2.05) is 0 Å². The number of fused-ring (bicyclic) bond motifs is 10. The van der Waals surface area contributed by atoms with E-state index in [1.54, 1.807) is 0 Å². The minimum atomic E-state index is -0.502. The molecule has 2 saturated heterocycles. The van der Waals surface area contributed by atoms with Crippen molar-refractivity contribution < 1.29 is 19.3 Å². The van der Waals surface area contributed by atoms with Gasteiger partial charge >= 0.3 is 0 Å². The maximum absolute atomic E-state index is 10.8. The molecule has 0 bridgehead atoms. The van der Waals surface area contributed by atoms with Gasteiger partial charge in [-0.25, -0.2) is 0 Å². The van der Waals surface area contributed by atoms with Crippen LogP contribution in [0, 0.1) is 34.5 Å². The molecule has 4 heteroatoms. The van der Waals surface area contributed by atoms with E-state index >= 15 is 0 Å². The van der Waals surface area contributed by atoms with Crippen LogP contribution < -0.4 is 0 Å². The van der Waals surface area contributed by atoms with Gasteiger partial charge in [-0.05, 0) is 81.0 Å². The molecule has 11 atom stereocenters. The fraction of sp³-hybridized carbons (Fsp3) is 1.00. The van der Waals surface area contributed by atoms with E-state index in [-0.39, 0.29) is 23.7 Å². The normalized spacial score (nSPS) is 64.7. The average Bonchev–Trinajstić information content (AvgIpc) is 3.19. The summed E-state index contributed by atoms with van der Waals surface area (Å²) in [5.41, 5.74) is 0.362. The fourth-order valence-corrected chi connectivity index (χ4v) is 8.48. The van der Waals surface area contributed by atoms with Crippen LogP contribution in [-0.4, -0.2) is 41.4 Å². The summed E-state index contributed by atoms with van der Waals surface area (Å²) in [6.07, 6.45) is 8.03. The lowest BCUT2D eigenvalue weighted by Gasteiger charge is -2.62. The fourth-order valence-electron chi connectivity index (χ4n) is 8.48. The maximum atomic E-state index is 10.8. The van der Waals surface area contributed by atoms with Crippen LogP contribution >= 0.6 is 0 Å². The largest absolute Gasteiger partial charge is 0.393 e. The van der Waals surface area contributed by atoms with E-state index in [2.05, 4.69) is 27.7 Å². The van der Waals surface area contributed by atoms with Crippen LogP contribution in [0.3, 0.4) is 0 Å². The minimum Gasteiger partial charge on any atom is -0.393 e. The molecule has 6 fully saturated rings. The van der Waals surface area contributed by atoms with Gasteiger partial charge in [0.05, 0.1) is 30.5 Å². The third-order valence-corrected chi connectivity index (χ3v) is 9.73. The van der Waals surface area contributed by atoms with Gasteiger partial charge in [0.2, 0.25) is 0 Å². The minimum absolute atomic E-state index is 0.0677. The van der Waals surface area contributed by atoms with Gasteiger partial charge in [-0.1, -0.05) is 13.8 Å². The smallest absolute Gasteiger partial charge is 0.163 e. The molecule has 5 unspecified atom stereocenters. The molecule has 0 spiro atoms. The Hall–Kier alpha value is -0.160. The summed E-state index contributed by atoms with van der Waals surface area (Å²) < 4.78 is 19.3. The van der Waals surface area contributed by atoms with E-state index in [0.29, 0.717) is 41.3 Å². The van der Waals surface area contributed by atoms with E-state index in [1.165, 1.54) is 25.7 Å². The molecule has 2 heterocycles. The summed E-state index contributed by atoms with van der Waals surface area (Å²) in [6, 6.07) is 0. The highest BCUT2D eigenvalue weighted by Crippen LogP contribution is 2.70. The van der Waals surface area contributed by atoms with Crippen molar-refractivity contribution in [2.45, 2.75) is 103 Å². The highest BCUT2D eigenvalue weighted by atomic mass is 16.8. The summed E-state index contributed by atoms with van der Waals surface area (Å²) in [4.78, 5) is 0. The monoisotopic (exact) mass is 362 g/mol. The predicted octanol–water partition coefficient (Wildman–Crippen LogP) is 3.51. The molecule has 0 amide bonds. The number of hydrogen-bond donors (Lipinski definition) is 1. The van der Waals surface area contributed by atoms with Crippen molar-refractivity contribution in [1.82, 2.24) is 0 Å². The molecule has 4 nitrogen and oxygen atoms in total. The lowest BCUT2D eigenvalue weighted by atomic mass is 9.44. The molecule has 2 aliphatic heterocycles. The number of epoxide rings is 1. The molecule has 0 aromatic rings. The summed E-state index contributed by atoms with van der Waals surface area (Å²) >= 11 is 0. The zero-order valence-electron chi connectivity index (χ0n) is 16.6. The van der Waals surface area contributed by atoms with Crippen LogP contribution in [0.4, 0.5) is 0 Å². The van der Waals surface area contributed by atoms with Crippen molar-refractivity contribution in [3.63, 3.8) is 0 Å². The van der Waals surface area contributed by atoms with Crippen LogP contribution in [0.1, 0.15) is 66.2 Å². The van der Waals surface area contributed by atoms with Crippen LogP contribution in [0.5, 0.6) is 0 Å². The van der Waals surface area contributed by atoms with Gasteiger partial charge in [-0.15, -0.1) is 0 Å². The first-order chi connectivity index (χ1) is 12.2. The van der Waals surface area contributed by atoms with Crippen molar-refractivity contribution in [1.29, 1.82) is 0 Å². The molecule has 1 N–H and O–H groups in total. The van der Waals surface area contributed by atoms with Crippen molar-refractivity contribution in [3.8, 4) is 0 Å². The Bertz CT molecular complexity index is 634. The molecule has 0 aromatic carbocycles. The molecule has 146 valence electrons. The van der Waals surface area contributed by atoms with Gasteiger partial charge < -0.3 is 19.3 Å². The summed E-state index contributed by atoms with van der Waals surface area (Å²) in [7, 11) is 0. The summed E-state index contributed by atoms with van der Waals surface area (Å²) in [5, 5.41) is 10.8. The third kappa shape index (κ3) is 1.90. The standard InChI is InChI=1S/C22H34O4/c1-20(2)25-18-15-11-5-6-14(23)21(11,3)9-7-12(15)22(4)10-8-13-17(24-13)16(22)19(18)26-20/h11-19,23H,5-10H2,1-4H3/t11?,12?,13-,14?,15?,16?,17-,18-,19-,21+,22-/m1/s1. The average molecular weight is 363 g/mol. The predicted molar refractivity (Wildman–Crippen MR) is 96.4 cm³/mol. The summed E-state index contributed by atoms with van der Waals surface area (Å²) in [6.45, 7) is 9.04. The molecular formula is C22H34O4. The lowest BCUT2D eigenvalue weighted by molar-refractivity contribution is -0.181. The second-order valence-corrected chi connectivity index (χ2v) is 11.2. The molecule has 0 aromatic heterocycles. The molecular weight excluding hydrogens is 328 g/mol. The van der Waals surface area contributed by atoms with Crippen LogP contribution in [0.2, 0.25) is 0 Å². The molecule has 26 heavy (non-hydrogen) atoms. The number of ether oxygens (including phenoxy) is 3. The van der Waals surface area contributed by atoms with Gasteiger partial charge in [0.25, 0.3) is 0 Å². The zero-order valence-corrected chi connectivity index (χ0v) is 16.6. The molecule has 6 rings (SSSR count). The van der Waals surface area contributed by atoms with E-state index in [9.17, 15) is 5.11 Å². The Morgan fingerprint density at radius 3 is 2.27 bits per heavy atom. The van der Waals surface area contributed by atoms with E-state index in [4.69, 9.17) is 14.2 Å². The van der Waals surface area contributed by atoms with Gasteiger partial charge in [-0.2, -0.15) is 0 Å². The Balaban J connectivity index is 1.46. The second kappa shape index (κ2) is 4.87. The van der Waals surface area contributed by atoms with Gasteiger partial charge in [0, 0.05) is 5.92 Å². The Morgan fingerprint density at radius 2 is 1.46 bits per heavy atom. The first-order valence-corrected chi connectivity index (χ1v) is 10.9. The van der Waals surface area contributed by atoms with E-state index in [0.717, 1.165) is 12.8 Å². The van der Waals surface area contributed by atoms with Crippen molar-refractivity contribution >= 4 is 0 Å². The maximum Gasteiger partial charge on any atom is 0.163 e. The van der Waals surface area contributed by atoms with Crippen molar-refractivity contribution in [2.75, 3.05) is 0 Å². The van der Waals surface area contributed by atoms with E-state index < -0.39 is 5.79 Å². The topological polar surface area (TPSA) is 51.2 Å². The Morgan fingerprint density at radius 1 is 0.769 bits per heavy atom. The zero-order chi connectivity index (χ0) is 18.1. The van der Waals surface area contributed by atoms with Crippen LogP contribution in [0.15, 0.2) is 0 Å². The quantitative estimate of drug-likeness (QED) is 0.670. The first kappa shape index (κ1) is 16.8. The Labute approximate surface area is 157 Å². The van der Waals surface area contributed by atoms with Gasteiger partial charge in [-0.3, -0.25) is 0 Å². The highest BCUT2D eigenvalue weighted by Gasteiger charge is 2.72. The SMILES string of the molecule is CC1(C)O[C@@H]2C3C4CCC(O)[C@@]4(C)CCC3[C@@]3(C)CC[C@H]4O[C@H]4C3[C@H]2O1. The number of aliphatic hydroxyl groups excluding tert-OH is 1. The lowest BCUT2D eigenvalue weighted by Crippen LogP contribution is -2.64. The first-order valence-electron chi connectivity index (χ1n) is 10.9. The Kier molecular flexibility index (Phi) is 3.14. The number of hydrogen-bond acceptors (Lipinski definition) is 4. The molecule has 6 aliphatic rings. The third-order valence-electron chi connectivity index (χ3n) is 9.73. The molecule has 0 radical (unpaired) electrons. The second-order valence-electron chi connectivity index (χ2n) is 11.2. The number of rotatable bonds is 0. The van der Waals surface area contributed by atoms with Crippen LogP contribution in [0.25, 0.3) is 0 Å². The van der Waals surface area contributed by atoms with Gasteiger partial charge in [0.1, 0.15) is 0 Å². The highest BCUT2D eigenvalue weighted by molar-refractivity contribution is 5.19. The van der Waals surface area contributed by atoms with Crippen LogP contribution in [-0.2, 0) is 14.2 Å². The summed E-state index contributed by atoms with van der Waals surface area (Å²) in [5.74, 6) is 1.74. The van der Waals surface area contributed by atoms with Crippen molar-refractivity contribution in [3.05, 3.63) is 0 Å². The number of aliphatic hydroxyl groups is 1. The van der Waals surface area contributed by atoms with Crippen molar-refractivity contribution in [2.24, 2.45) is 34.5 Å². The molecule has 4 aliphatic carbocycles.